The van der Waals surface area contributed by atoms with Crippen LogP contribution in [-0.2, 0) is 6.54 Å². The van der Waals surface area contributed by atoms with Gasteiger partial charge < -0.3 is 19.2 Å². The molecule has 0 saturated carbocycles. The van der Waals surface area contributed by atoms with Gasteiger partial charge in [-0.15, -0.1) is 0 Å². The predicted octanol–water partition coefficient (Wildman–Crippen LogP) is 2.88. The molecule has 0 aliphatic rings. The number of amides is 1. The van der Waals surface area contributed by atoms with Crippen molar-refractivity contribution in [3.63, 3.8) is 0 Å². The van der Waals surface area contributed by atoms with Crippen LogP contribution in [0.4, 0.5) is 5.69 Å². The van der Waals surface area contributed by atoms with Gasteiger partial charge in [-0.1, -0.05) is 0 Å². The molecule has 3 rings (SSSR count). The second kappa shape index (κ2) is 6.72. The first-order valence-corrected chi connectivity index (χ1v) is 7.73. The zero-order valence-corrected chi connectivity index (χ0v) is 14.2. The Morgan fingerprint density at radius 2 is 1.80 bits per heavy atom. The van der Waals surface area contributed by atoms with Crippen LogP contribution in [0.3, 0.4) is 0 Å². The highest BCUT2D eigenvalue weighted by Gasteiger charge is 2.12. The first-order valence-electron chi connectivity index (χ1n) is 7.73. The van der Waals surface area contributed by atoms with Gasteiger partial charge in [-0.3, -0.25) is 9.36 Å². The van der Waals surface area contributed by atoms with Gasteiger partial charge in [0.15, 0.2) is 5.58 Å². The Bertz CT molecular complexity index is 965. The fourth-order valence-corrected chi connectivity index (χ4v) is 2.59. The van der Waals surface area contributed by atoms with E-state index < -0.39 is 5.76 Å². The van der Waals surface area contributed by atoms with Crippen LogP contribution in [0.1, 0.15) is 17.3 Å². The maximum absolute atomic E-state index is 12.5. The highest BCUT2D eigenvalue weighted by Crippen LogP contribution is 2.24. The average Bonchev–Trinajstić information content (AvgIpc) is 2.95. The Morgan fingerprint density at radius 3 is 2.40 bits per heavy atom. The van der Waals surface area contributed by atoms with Gasteiger partial charge >= 0.3 is 5.76 Å². The number of aromatic nitrogens is 1. The summed E-state index contributed by atoms with van der Waals surface area (Å²) in [5.74, 6) is 0.296. The van der Waals surface area contributed by atoms with Crippen molar-refractivity contribution < 1.29 is 18.7 Å². The Kier molecular flexibility index (Phi) is 4.47. The van der Waals surface area contributed by atoms with Crippen molar-refractivity contribution >= 4 is 22.7 Å². The Balaban J connectivity index is 1.90. The van der Waals surface area contributed by atoms with E-state index in [1.54, 1.807) is 36.4 Å². The number of aryl methyl sites for hydroxylation is 1. The number of carbonyl (C=O) groups is 1. The van der Waals surface area contributed by atoms with Crippen LogP contribution in [0.2, 0.25) is 0 Å². The number of fused-ring (bicyclic) bond motifs is 1. The number of anilines is 1. The van der Waals surface area contributed by atoms with Crippen molar-refractivity contribution in [2.45, 2.75) is 13.5 Å². The van der Waals surface area contributed by atoms with Crippen LogP contribution < -0.4 is 20.5 Å². The lowest BCUT2D eigenvalue weighted by Gasteiger charge is -2.09. The molecule has 3 aromatic rings. The van der Waals surface area contributed by atoms with E-state index in [-0.39, 0.29) is 5.91 Å². The molecule has 0 unspecified atom stereocenters. The lowest BCUT2D eigenvalue weighted by Crippen LogP contribution is -2.12. The smallest absolute Gasteiger partial charge is 0.419 e. The van der Waals surface area contributed by atoms with Gasteiger partial charge in [-0.2, -0.15) is 0 Å². The number of carbonyl (C=O) groups excluding carboxylic acids is 1. The molecule has 0 fully saturated rings. The highest BCUT2D eigenvalue weighted by molar-refractivity contribution is 6.05. The molecule has 7 heteroatoms. The molecule has 0 spiro atoms. The topological polar surface area (TPSA) is 82.7 Å². The molecule has 130 valence electrons. The molecule has 1 amide bonds. The number of hydrogen-bond acceptors (Lipinski definition) is 5. The molecule has 0 aliphatic heterocycles. The van der Waals surface area contributed by atoms with Crippen molar-refractivity contribution in [2.24, 2.45) is 0 Å². The normalized spacial score (nSPS) is 10.7. The van der Waals surface area contributed by atoms with E-state index in [4.69, 9.17) is 13.9 Å². The molecule has 0 saturated heterocycles. The van der Waals surface area contributed by atoms with Crippen molar-refractivity contribution in [2.75, 3.05) is 19.5 Å². The molecule has 0 bridgehead atoms. The van der Waals surface area contributed by atoms with Crippen molar-refractivity contribution in [3.8, 4) is 11.5 Å². The predicted molar refractivity (Wildman–Crippen MR) is 93.6 cm³/mol. The van der Waals surface area contributed by atoms with E-state index in [9.17, 15) is 9.59 Å². The minimum absolute atomic E-state index is 0.325. The van der Waals surface area contributed by atoms with Gasteiger partial charge in [-0.25, -0.2) is 4.79 Å². The molecule has 1 heterocycles. The fraction of sp³-hybridized carbons (Fsp3) is 0.222. The summed E-state index contributed by atoms with van der Waals surface area (Å²) >= 11 is 0. The lowest BCUT2D eigenvalue weighted by molar-refractivity contribution is 0.102. The molecule has 1 aromatic heterocycles. The number of rotatable bonds is 5. The summed E-state index contributed by atoms with van der Waals surface area (Å²) in [5.41, 5.74) is 2.03. The second-order valence-corrected chi connectivity index (χ2v) is 5.35. The van der Waals surface area contributed by atoms with E-state index in [0.29, 0.717) is 40.4 Å². The number of methoxy groups -OCH3 is 2. The zero-order chi connectivity index (χ0) is 18.0. The molecule has 0 atom stereocenters. The van der Waals surface area contributed by atoms with Gasteiger partial charge in [-0.05, 0) is 31.2 Å². The summed E-state index contributed by atoms with van der Waals surface area (Å²) in [5, 5.41) is 2.78. The van der Waals surface area contributed by atoms with Crippen LogP contribution >= 0.6 is 0 Å². The average molecular weight is 342 g/mol. The fourth-order valence-electron chi connectivity index (χ4n) is 2.59. The van der Waals surface area contributed by atoms with Gasteiger partial charge in [0.1, 0.15) is 11.5 Å². The third kappa shape index (κ3) is 3.21. The Labute approximate surface area is 143 Å². The van der Waals surface area contributed by atoms with Crippen molar-refractivity contribution in [1.82, 2.24) is 4.57 Å². The van der Waals surface area contributed by atoms with E-state index in [2.05, 4.69) is 5.32 Å². The number of hydrogen-bond donors (Lipinski definition) is 1. The van der Waals surface area contributed by atoms with Crippen molar-refractivity contribution in [3.05, 3.63) is 52.5 Å². The highest BCUT2D eigenvalue weighted by atomic mass is 16.5. The van der Waals surface area contributed by atoms with E-state index in [1.807, 2.05) is 6.92 Å². The van der Waals surface area contributed by atoms with E-state index in [1.165, 1.54) is 18.8 Å². The molecular weight excluding hydrogens is 324 g/mol. The summed E-state index contributed by atoms with van der Waals surface area (Å²) in [6.45, 7) is 2.38. The number of oxazole rings is 1. The van der Waals surface area contributed by atoms with Gasteiger partial charge in [0.25, 0.3) is 5.91 Å². The Hall–Kier alpha value is -3.22. The second-order valence-electron chi connectivity index (χ2n) is 5.35. The first-order chi connectivity index (χ1) is 12.0. The largest absolute Gasteiger partial charge is 0.497 e. The SMILES string of the molecule is CCn1c(=O)oc2cc(NC(=O)c3cc(OC)cc(OC)c3)ccc21. The molecular formula is C18H18N2O5. The summed E-state index contributed by atoms with van der Waals surface area (Å²) in [4.78, 5) is 24.2. The number of nitrogens with zero attached hydrogens (tertiary/aromatic N) is 1. The minimum atomic E-state index is -0.418. The quantitative estimate of drug-likeness (QED) is 0.771. The molecule has 0 aliphatic carbocycles. The van der Waals surface area contributed by atoms with Gasteiger partial charge in [0.05, 0.1) is 19.7 Å². The Morgan fingerprint density at radius 1 is 1.12 bits per heavy atom. The summed E-state index contributed by atoms with van der Waals surface area (Å²) < 4.78 is 17.1. The molecule has 1 N–H and O–H groups in total. The zero-order valence-electron chi connectivity index (χ0n) is 14.2. The maximum atomic E-state index is 12.5. The summed E-state index contributed by atoms with van der Waals surface area (Å²) in [7, 11) is 3.04. The van der Waals surface area contributed by atoms with Crippen LogP contribution in [0.5, 0.6) is 11.5 Å². The third-order valence-electron chi connectivity index (χ3n) is 3.86. The van der Waals surface area contributed by atoms with Crippen molar-refractivity contribution in [1.29, 1.82) is 0 Å². The maximum Gasteiger partial charge on any atom is 0.419 e. The van der Waals surface area contributed by atoms with E-state index >= 15 is 0 Å². The third-order valence-corrected chi connectivity index (χ3v) is 3.86. The molecule has 2 aromatic carbocycles. The van der Waals surface area contributed by atoms with Crippen LogP contribution in [0.25, 0.3) is 11.1 Å². The number of nitrogens with one attached hydrogen (secondary N) is 1. The number of benzene rings is 2. The summed E-state index contributed by atoms with van der Waals surface area (Å²) in [6.07, 6.45) is 0. The van der Waals surface area contributed by atoms with Crippen LogP contribution in [0.15, 0.2) is 45.6 Å². The van der Waals surface area contributed by atoms with Gasteiger partial charge in [0, 0.05) is 29.9 Å². The van der Waals surface area contributed by atoms with Crippen LogP contribution in [0, 0.1) is 0 Å². The van der Waals surface area contributed by atoms with E-state index in [0.717, 1.165) is 0 Å². The minimum Gasteiger partial charge on any atom is -0.497 e. The summed E-state index contributed by atoms with van der Waals surface area (Å²) in [6, 6.07) is 10.0. The molecule has 25 heavy (non-hydrogen) atoms. The number of ether oxygens (including phenoxy) is 2. The monoisotopic (exact) mass is 342 g/mol. The van der Waals surface area contributed by atoms with Crippen LogP contribution in [-0.4, -0.2) is 24.7 Å². The molecule has 0 radical (unpaired) electrons. The standard InChI is InChI=1S/C18H18N2O5/c1-4-20-15-6-5-12(9-16(15)25-18(20)22)19-17(21)11-7-13(23-2)10-14(8-11)24-3/h5-10H,4H2,1-3H3,(H,19,21). The lowest BCUT2D eigenvalue weighted by atomic mass is 10.1. The first kappa shape index (κ1) is 16.6. The molecule has 7 nitrogen and oxygen atoms in total. The van der Waals surface area contributed by atoms with Gasteiger partial charge in [0.2, 0.25) is 0 Å².